The molecular weight excluding hydrogens is 397 g/mol. The van der Waals surface area contributed by atoms with Gasteiger partial charge in [-0.05, 0) is 18.2 Å². The molecule has 0 aliphatic carbocycles. The Bertz CT molecular complexity index is 1290. The van der Waals surface area contributed by atoms with Crippen molar-refractivity contribution in [1.82, 2.24) is 4.98 Å². The van der Waals surface area contributed by atoms with Crippen molar-refractivity contribution in [3.05, 3.63) is 76.5 Å². The molecule has 2 N–H and O–H groups in total. The normalized spacial score (nSPS) is 10.6. The third-order valence-electron chi connectivity index (χ3n) is 4.09. The van der Waals surface area contributed by atoms with Crippen molar-refractivity contribution in [3.63, 3.8) is 0 Å². The molecular formula is C20H10FN3O4S. The number of amides is 1. The van der Waals surface area contributed by atoms with Crippen LogP contribution < -0.4 is 5.32 Å². The summed E-state index contributed by atoms with van der Waals surface area (Å²) in [6.07, 6.45) is 0. The summed E-state index contributed by atoms with van der Waals surface area (Å²) in [5.41, 5.74) is 0.879. The summed E-state index contributed by atoms with van der Waals surface area (Å²) in [5.74, 6) is -3.00. The molecule has 0 saturated carbocycles. The highest BCUT2D eigenvalue weighted by atomic mass is 32.1. The molecule has 9 heteroatoms. The number of anilines is 1. The number of carboxylic acid groups (broad SMARTS) is 1. The van der Waals surface area contributed by atoms with Gasteiger partial charge in [0.05, 0.1) is 6.57 Å². The standard InChI is InChI=1S/C20H10FN3O4S/c1-22-10-6-7-11(13(21)8-10)12-9-29-19(16(12)20(26)27)24-17(25)18-23-14-4-2-3-5-15(14)28-18/h2-9H,(H,24,25)(H,26,27). The lowest BCUT2D eigenvalue weighted by Gasteiger charge is -2.06. The van der Waals surface area contributed by atoms with Crippen LogP contribution in [0.3, 0.4) is 0 Å². The van der Waals surface area contributed by atoms with Crippen LogP contribution >= 0.6 is 11.3 Å². The second-order valence-corrected chi connectivity index (χ2v) is 6.76. The van der Waals surface area contributed by atoms with Crippen molar-refractivity contribution < 1.29 is 23.5 Å². The monoisotopic (exact) mass is 407 g/mol. The van der Waals surface area contributed by atoms with E-state index in [0.717, 1.165) is 17.4 Å². The van der Waals surface area contributed by atoms with Gasteiger partial charge in [0.1, 0.15) is 21.9 Å². The van der Waals surface area contributed by atoms with E-state index in [1.165, 1.54) is 17.5 Å². The van der Waals surface area contributed by atoms with Crippen molar-refractivity contribution in [2.75, 3.05) is 5.32 Å². The van der Waals surface area contributed by atoms with Crippen molar-refractivity contribution in [2.45, 2.75) is 0 Å². The number of hydrogen-bond acceptors (Lipinski definition) is 5. The van der Waals surface area contributed by atoms with Gasteiger partial charge < -0.3 is 14.8 Å². The number of fused-ring (bicyclic) bond motifs is 1. The highest BCUT2D eigenvalue weighted by Gasteiger charge is 2.24. The number of rotatable bonds is 4. The van der Waals surface area contributed by atoms with E-state index in [9.17, 15) is 19.1 Å². The number of carbonyl (C=O) groups excluding carboxylic acids is 1. The van der Waals surface area contributed by atoms with Gasteiger partial charge in [-0.1, -0.05) is 24.3 Å². The number of benzene rings is 2. The zero-order valence-electron chi connectivity index (χ0n) is 14.5. The molecule has 2 aromatic carbocycles. The number of nitrogens with zero attached hydrogens (tertiary/aromatic N) is 2. The first-order valence-corrected chi connectivity index (χ1v) is 9.05. The van der Waals surface area contributed by atoms with E-state index in [2.05, 4.69) is 15.1 Å². The van der Waals surface area contributed by atoms with Crippen LogP contribution in [0, 0.1) is 12.4 Å². The average Bonchev–Trinajstić information content (AvgIpc) is 3.32. The van der Waals surface area contributed by atoms with Crippen molar-refractivity contribution in [1.29, 1.82) is 0 Å². The van der Waals surface area contributed by atoms with E-state index in [0.29, 0.717) is 11.1 Å². The molecule has 0 saturated heterocycles. The Balaban J connectivity index is 1.71. The fraction of sp³-hybridized carbons (Fsp3) is 0. The van der Waals surface area contributed by atoms with Crippen molar-refractivity contribution in [3.8, 4) is 11.1 Å². The Hall–Kier alpha value is -4.03. The highest BCUT2D eigenvalue weighted by molar-refractivity contribution is 7.15. The van der Waals surface area contributed by atoms with Crippen LogP contribution in [0.5, 0.6) is 0 Å². The van der Waals surface area contributed by atoms with Crippen LogP contribution in [0.15, 0.2) is 52.3 Å². The molecule has 29 heavy (non-hydrogen) atoms. The Labute approximate surface area is 166 Å². The molecule has 0 aliphatic heterocycles. The number of oxazole rings is 1. The zero-order valence-corrected chi connectivity index (χ0v) is 15.3. The molecule has 0 unspecified atom stereocenters. The van der Waals surface area contributed by atoms with Crippen LogP contribution in [0.4, 0.5) is 15.1 Å². The van der Waals surface area contributed by atoms with E-state index in [1.807, 2.05) is 0 Å². The topological polar surface area (TPSA) is 96.8 Å². The minimum Gasteiger partial charge on any atom is -0.478 e. The van der Waals surface area contributed by atoms with Gasteiger partial charge in [0, 0.05) is 16.5 Å². The lowest BCUT2D eigenvalue weighted by atomic mass is 10.0. The maximum absolute atomic E-state index is 14.4. The molecule has 0 bridgehead atoms. The third kappa shape index (κ3) is 3.33. The van der Waals surface area contributed by atoms with Crippen molar-refractivity contribution >= 4 is 45.0 Å². The molecule has 142 valence electrons. The molecule has 4 aromatic rings. The number of hydrogen-bond donors (Lipinski definition) is 2. The molecule has 0 radical (unpaired) electrons. The van der Waals surface area contributed by atoms with E-state index in [-0.39, 0.29) is 33.3 Å². The number of halogens is 1. The summed E-state index contributed by atoms with van der Waals surface area (Å²) in [5, 5.41) is 13.6. The molecule has 2 heterocycles. The Morgan fingerprint density at radius 1 is 1.21 bits per heavy atom. The van der Waals surface area contributed by atoms with Crippen LogP contribution in [-0.4, -0.2) is 22.0 Å². The van der Waals surface area contributed by atoms with Crippen LogP contribution in [-0.2, 0) is 0 Å². The second-order valence-electron chi connectivity index (χ2n) is 5.88. The van der Waals surface area contributed by atoms with Crippen LogP contribution in [0.25, 0.3) is 27.1 Å². The van der Waals surface area contributed by atoms with E-state index < -0.39 is 17.7 Å². The minimum absolute atomic E-state index is 0.0217. The fourth-order valence-corrected chi connectivity index (χ4v) is 3.73. The quantitative estimate of drug-likeness (QED) is 0.454. The SMILES string of the molecule is [C-]#[N+]c1ccc(-c2csc(NC(=O)c3nc4ccccc4o3)c2C(=O)O)c(F)c1. The van der Waals surface area contributed by atoms with Gasteiger partial charge in [0.25, 0.3) is 5.89 Å². The van der Waals surface area contributed by atoms with Gasteiger partial charge in [0.2, 0.25) is 0 Å². The Kier molecular flexibility index (Phi) is 4.54. The van der Waals surface area contributed by atoms with Gasteiger partial charge in [-0.15, -0.1) is 11.3 Å². The number of thiophene rings is 1. The van der Waals surface area contributed by atoms with E-state index in [4.69, 9.17) is 11.0 Å². The molecule has 1 amide bonds. The molecule has 0 fully saturated rings. The maximum Gasteiger partial charge on any atom is 0.339 e. The first-order valence-electron chi connectivity index (χ1n) is 8.17. The minimum atomic E-state index is -1.33. The van der Waals surface area contributed by atoms with Gasteiger partial charge in [-0.25, -0.2) is 19.0 Å². The highest BCUT2D eigenvalue weighted by Crippen LogP contribution is 2.38. The maximum atomic E-state index is 14.4. The summed E-state index contributed by atoms with van der Waals surface area (Å²) in [6, 6.07) is 10.6. The largest absolute Gasteiger partial charge is 0.478 e. The van der Waals surface area contributed by atoms with E-state index in [1.54, 1.807) is 24.3 Å². The summed E-state index contributed by atoms with van der Waals surface area (Å²) < 4.78 is 19.8. The lowest BCUT2D eigenvalue weighted by Crippen LogP contribution is -2.14. The van der Waals surface area contributed by atoms with Crippen LogP contribution in [0.2, 0.25) is 0 Å². The molecule has 7 nitrogen and oxygen atoms in total. The fourth-order valence-electron chi connectivity index (χ4n) is 2.78. The van der Waals surface area contributed by atoms with Crippen molar-refractivity contribution in [2.24, 2.45) is 0 Å². The summed E-state index contributed by atoms with van der Waals surface area (Å²) in [4.78, 5) is 31.5. The molecule has 4 rings (SSSR count). The third-order valence-corrected chi connectivity index (χ3v) is 4.99. The number of carboxylic acids is 1. The van der Waals surface area contributed by atoms with Gasteiger partial charge >= 0.3 is 11.9 Å². The average molecular weight is 407 g/mol. The van der Waals surface area contributed by atoms with Gasteiger partial charge in [0.15, 0.2) is 11.3 Å². The number of aromatic carboxylic acids is 1. The van der Waals surface area contributed by atoms with Gasteiger partial charge in [-0.2, -0.15) is 0 Å². The number of aromatic nitrogens is 1. The first kappa shape index (κ1) is 18.3. The Morgan fingerprint density at radius 2 is 2.00 bits per heavy atom. The molecule has 0 aliphatic rings. The Morgan fingerprint density at radius 3 is 2.69 bits per heavy atom. The summed E-state index contributed by atoms with van der Waals surface area (Å²) in [6.45, 7) is 6.93. The number of nitrogens with one attached hydrogen (secondary N) is 1. The second kappa shape index (κ2) is 7.18. The predicted octanol–water partition coefficient (Wildman–Crippen LogP) is 5.20. The molecule has 2 aromatic heterocycles. The molecule has 0 atom stereocenters. The van der Waals surface area contributed by atoms with Crippen LogP contribution in [0.1, 0.15) is 21.0 Å². The lowest BCUT2D eigenvalue weighted by molar-refractivity contribution is 0.0699. The number of carbonyl (C=O) groups is 2. The molecule has 0 spiro atoms. The number of para-hydroxylation sites is 2. The van der Waals surface area contributed by atoms with Gasteiger partial charge in [-0.3, -0.25) is 4.79 Å². The first-order chi connectivity index (χ1) is 14.0. The zero-order chi connectivity index (χ0) is 20.5. The van der Waals surface area contributed by atoms with E-state index >= 15 is 0 Å². The smallest absolute Gasteiger partial charge is 0.339 e. The summed E-state index contributed by atoms with van der Waals surface area (Å²) >= 11 is 0.939. The predicted molar refractivity (Wildman–Crippen MR) is 105 cm³/mol. The summed E-state index contributed by atoms with van der Waals surface area (Å²) in [7, 11) is 0.